The van der Waals surface area contributed by atoms with Gasteiger partial charge in [0, 0.05) is 13.2 Å². The smallest absolute Gasteiger partial charge is 0.234 e. The van der Waals surface area contributed by atoms with Crippen LogP contribution in [0.5, 0.6) is 0 Å². The largest absolute Gasteiger partial charge is 0.370 e. The summed E-state index contributed by atoms with van der Waals surface area (Å²) in [6, 6.07) is 0. The molecular formula is C15H25N3O2. The average Bonchev–Trinajstić information content (AvgIpc) is 3.15. The molecule has 20 heavy (non-hydrogen) atoms. The van der Waals surface area contributed by atoms with Gasteiger partial charge < -0.3 is 15.0 Å². The van der Waals surface area contributed by atoms with E-state index in [1.165, 1.54) is 32.1 Å². The first kappa shape index (κ1) is 14.0. The molecule has 2 saturated carbocycles. The van der Waals surface area contributed by atoms with E-state index in [-0.39, 0.29) is 11.5 Å². The molecule has 2 aliphatic carbocycles. The molecule has 1 atom stereocenters. The quantitative estimate of drug-likeness (QED) is 0.866. The fraction of sp³-hybridized carbons (Fsp3) is 0.867. The Morgan fingerprint density at radius 2 is 2.10 bits per heavy atom. The number of nitrogens with zero attached hydrogens (tertiary/aromatic N) is 2. The Kier molecular flexibility index (Phi) is 4.08. The molecule has 5 nitrogen and oxygen atoms in total. The van der Waals surface area contributed by atoms with Gasteiger partial charge in [0.15, 0.2) is 0 Å². The van der Waals surface area contributed by atoms with Crippen molar-refractivity contribution in [2.75, 3.05) is 13.2 Å². The average molecular weight is 279 g/mol. The van der Waals surface area contributed by atoms with Crippen LogP contribution in [0.3, 0.4) is 0 Å². The van der Waals surface area contributed by atoms with Crippen molar-refractivity contribution >= 4 is 0 Å². The van der Waals surface area contributed by atoms with Gasteiger partial charge in [0.05, 0.1) is 5.41 Å². The number of ether oxygens (including phenoxy) is 1. The minimum Gasteiger partial charge on any atom is -0.370 e. The van der Waals surface area contributed by atoms with E-state index in [9.17, 15) is 0 Å². The Balaban J connectivity index is 1.77. The Labute approximate surface area is 120 Å². The summed E-state index contributed by atoms with van der Waals surface area (Å²) < 4.78 is 11.4. The molecule has 1 aromatic heterocycles. The maximum Gasteiger partial charge on any atom is 0.234 e. The summed E-state index contributed by atoms with van der Waals surface area (Å²) >= 11 is 0. The molecule has 2 N–H and O–H groups in total. The third-order valence-corrected chi connectivity index (χ3v) is 4.82. The van der Waals surface area contributed by atoms with Crippen LogP contribution >= 0.6 is 0 Å². The zero-order valence-corrected chi connectivity index (χ0v) is 12.3. The second-order valence-electron chi connectivity index (χ2n) is 6.22. The Morgan fingerprint density at radius 3 is 2.70 bits per heavy atom. The van der Waals surface area contributed by atoms with Crippen LogP contribution in [0.15, 0.2) is 4.52 Å². The van der Waals surface area contributed by atoms with E-state index in [4.69, 9.17) is 15.0 Å². The molecule has 1 aromatic rings. The molecule has 0 aromatic carbocycles. The Bertz CT molecular complexity index is 436. The lowest BCUT2D eigenvalue weighted by Gasteiger charge is -2.27. The van der Waals surface area contributed by atoms with E-state index in [0.717, 1.165) is 24.6 Å². The number of hydrogen-bond donors (Lipinski definition) is 1. The lowest BCUT2D eigenvalue weighted by molar-refractivity contribution is -0.00145. The number of nitrogens with two attached hydrogens (primary N) is 1. The van der Waals surface area contributed by atoms with Crippen LogP contribution in [-0.4, -0.2) is 23.3 Å². The maximum atomic E-state index is 5.93. The minimum absolute atomic E-state index is 0.00799. The van der Waals surface area contributed by atoms with Gasteiger partial charge in [-0.25, -0.2) is 0 Å². The van der Waals surface area contributed by atoms with E-state index in [1.807, 2.05) is 6.92 Å². The molecule has 0 bridgehead atoms. The highest BCUT2D eigenvalue weighted by Crippen LogP contribution is 2.47. The van der Waals surface area contributed by atoms with Crippen molar-refractivity contribution in [1.82, 2.24) is 10.1 Å². The highest BCUT2D eigenvalue weighted by Gasteiger charge is 2.48. The maximum absolute atomic E-state index is 5.93. The van der Waals surface area contributed by atoms with Gasteiger partial charge in [0.2, 0.25) is 11.7 Å². The monoisotopic (exact) mass is 279 g/mol. The normalized spacial score (nSPS) is 23.7. The molecule has 1 unspecified atom stereocenters. The third kappa shape index (κ3) is 2.61. The van der Waals surface area contributed by atoms with Gasteiger partial charge in [0.25, 0.3) is 0 Å². The van der Waals surface area contributed by atoms with Crippen molar-refractivity contribution < 1.29 is 9.26 Å². The summed E-state index contributed by atoms with van der Waals surface area (Å²) in [7, 11) is 0. The van der Waals surface area contributed by atoms with E-state index < -0.39 is 0 Å². The fourth-order valence-electron chi connectivity index (χ4n) is 3.26. The van der Waals surface area contributed by atoms with Crippen LogP contribution in [-0.2, 0) is 10.2 Å². The zero-order valence-electron chi connectivity index (χ0n) is 12.3. The van der Waals surface area contributed by atoms with Crippen molar-refractivity contribution in [1.29, 1.82) is 0 Å². The summed E-state index contributed by atoms with van der Waals surface area (Å²) in [5.74, 6) is 1.98. The van der Waals surface area contributed by atoms with E-state index in [1.54, 1.807) is 0 Å². The van der Waals surface area contributed by atoms with Crippen LogP contribution in [0.1, 0.15) is 69.7 Å². The number of hydrogen-bond acceptors (Lipinski definition) is 5. The summed E-state index contributed by atoms with van der Waals surface area (Å²) in [6.45, 7) is 3.31. The summed E-state index contributed by atoms with van der Waals surface area (Å²) in [5, 5.41) is 4.20. The molecule has 0 saturated heterocycles. The van der Waals surface area contributed by atoms with Gasteiger partial charge in [-0.05, 0) is 38.5 Å². The van der Waals surface area contributed by atoms with Gasteiger partial charge in [-0.2, -0.15) is 4.98 Å². The predicted molar refractivity (Wildman–Crippen MR) is 75.2 cm³/mol. The Morgan fingerprint density at radius 1 is 1.35 bits per heavy atom. The summed E-state index contributed by atoms with van der Waals surface area (Å²) in [5.41, 5.74) is 5.80. The number of aromatic nitrogens is 2. The molecule has 2 aliphatic rings. The standard InChI is InChI=1S/C15H25N3O2/c1-2-19-12(11-6-4-3-5-7-11)13-17-14(20-18-13)15(10-16)8-9-15/h11-12H,2-10,16H2,1H3. The van der Waals surface area contributed by atoms with Crippen molar-refractivity contribution in [2.45, 2.75) is 63.4 Å². The summed E-state index contributed by atoms with van der Waals surface area (Å²) in [6.07, 6.45) is 8.43. The first-order valence-electron chi connectivity index (χ1n) is 7.95. The van der Waals surface area contributed by atoms with Crippen molar-refractivity contribution in [3.63, 3.8) is 0 Å². The van der Waals surface area contributed by atoms with Gasteiger partial charge in [0.1, 0.15) is 6.10 Å². The molecule has 112 valence electrons. The number of rotatable bonds is 6. The highest BCUT2D eigenvalue weighted by molar-refractivity contribution is 5.16. The van der Waals surface area contributed by atoms with Gasteiger partial charge in [-0.15, -0.1) is 0 Å². The molecule has 0 spiro atoms. The second-order valence-corrected chi connectivity index (χ2v) is 6.22. The topological polar surface area (TPSA) is 74.2 Å². The van der Waals surface area contributed by atoms with E-state index in [2.05, 4.69) is 10.1 Å². The molecule has 0 aliphatic heterocycles. The fourth-order valence-corrected chi connectivity index (χ4v) is 3.26. The third-order valence-electron chi connectivity index (χ3n) is 4.82. The molecule has 0 radical (unpaired) electrons. The molecule has 2 fully saturated rings. The Hall–Kier alpha value is -0.940. The van der Waals surface area contributed by atoms with Crippen LogP contribution < -0.4 is 5.73 Å². The summed E-state index contributed by atoms with van der Waals surface area (Å²) in [4.78, 5) is 4.63. The van der Waals surface area contributed by atoms with Crippen LogP contribution in [0, 0.1) is 5.92 Å². The molecule has 1 heterocycles. The van der Waals surface area contributed by atoms with Crippen LogP contribution in [0.4, 0.5) is 0 Å². The highest BCUT2D eigenvalue weighted by atomic mass is 16.5. The van der Waals surface area contributed by atoms with Crippen molar-refractivity contribution in [2.24, 2.45) is 11.7 Å². The first-order chi connectivity index (χ1) is 9.79. The second kappa shape index (κ2) is 5.82. The lowest BCUT2D eigenvalue weighted by atomic mass is 9.85. The molecule has 5 heteroatoms. The molecular weight excluding hydrogens is 254 g/mol. The van der Waals surface area contributed by atoms with Gasteiger partial charge in [-0.3, -0.25) is 0 Å². The van der Waals surface area contributed by atoms with Gasteiger partial charge in [-0.1, -0.05) is 24.4 Å². The SMILES string of the molecule is CCOC(c1noc(C2(CN)CC2)n1)C1CCCCC1. The molecule has 3 rings (SSSR count). The van der Waals surface area contributed by atoms with E-state index in [0.29, 0.717) is 19.1 Å². The first-order valence-corrected chi connectivity index (χ1v) is 7.95. The van der Waals surface area contributed by atoms with Crippen LogP contribution in [0.2, 0.25) is 0 Å². The van der Waals surface area contributed by atoms with Gasteiger partial charge >= 0.3 is 0 Å². The zero-order chi connectivity index (χ0) is 14.0. The van der Waals surface area contributed by atoms with Crippen LogP contribution in [0.25, 0.3) is 0 Å². The predicted octanol–water partition coefficient (Wildman–Crippen LogP) is 2.72. The minimum atomic E-state index is -0.0332. The van der Waals surface area contributed by atoms with Crippen molar-refractivity contribution in [3.8, 4) is 0 Å². The lowest BCUT2D eigenvalue weighted by Crippen LogP contribution is -2.22. The molecule has 0 amide bonds. The van der Waals surface area contributed by atoms with Crippen molar-refractivity contribution in [3.05, 3.63) is 11.7 Å². The van der Waals surface area contributed by atoms with E-state index >= 15 is 0 Å².